The molecular formula is C21H25NO3S2. The fourth-order valence-corrected chi connectivity index (χ4v) is 4.32. The number of carbonyl (C=O) groups excluding carboxylic acids is 1. The lowest BCUT2D eigenvalue weighted by Gasteiger charge is -2.38. The van der Waals surface area contributed by atoms with E-state index in [9.17, 15) is 4.79 Å². The van der Waals surface area contributed by atoms with Crippen LogP contribution in [0.1, 0.15) is 47.4 Å². The van der Waals surface area contributed by atoms with E-state index in [4.69, 9.17) is 21.7 Å². The summed E-state index contributed by atoms with van der Waals surface area (Å²) in [4.78, 5) is 13.4. The molecule has 0 radical (unpaired) electrons. The molecule has 1 aliphatic rings. The molecule has 0 amide bonds. The van der Waals surface area contributed by atoms with Gasteiger partial charge in [0.25, 0.3) is 0 Å². The molecule has 144 valence electrons. The minimum Gasteiger partial charge on any atom is -0.480 e. The van der Waals surface area contributed by atoms with Crippen molar-refractivity contribution in [2.24, 2.45) is 0 Å². The number of nitrogens with one attached hydrogen (secondary N) is 1. The Balaban J connectivity index is 1.86. The van der Waals surface area contributed by atoms with Crippen molar-refractivity contribution in [3.8, 4) is 11.5 Å². The van der Waals surface area contributed by atoms with Gasteiger partial charge in [-0.3, -0.25) is 4.79 Å². The van der Waals surface area contributed by atoms with Gasteiger partial charge in [0.15, 0.2) is 5.60 Å². The van der Waals surface area contributed by atoms with Gasteiger partial charge in [-0.2, -0.15) is 0 Å². The molecule has 6 heteroatoms. The topological polar surface area (TPSA) is 47.6 Å². The molecule has 4 nitrogen and oxygen atoms in total. The van der Waals surface area contributed by atoms with Gasteiger partial charge in [0.2, 0.25) is 0 Å². The van der Waals surface area contributed by atoms with Crippen LogP contribution in [0, 0.1) is 20.8 Å². The summed E-state index contributed by atoms with van der Waals surface area (Å²) in [5.74, 6) is 1.22. The van der Waals surface area contributed by atoms with Gasteiger partial charge in [-0.15, -0.1) is 11.3 Å². The van der Waals surface area contributed by atoms with Crippen LogP contribution >= 0.6 is 23.6 Å². The lowest BCUT2D eigenvalue weighted by Crippen LogP contribution is -2.49. The number of thiophene rings is 1. The summed E-state index contributed by atoms with van der Waals surface area (Å²) >= 11 is 7.39. The van der Waals surface area contributed by atoms with Crippen molar-refractivity contribution in [2.75, 3.05) is 0 Å². The first kappa shape index (κ1) is 19.8. The van der Waals surface area contributed by atoms with Gasteiger partial charge in [-0.05, 0) is 68.7 Å². The van der Waals surface area contributed by atoms with E-state index in [0.717, 1.165) is 45.8 Å². The molecule has 1 unspecified atom stereocenters. The van der Waals surface area contributed by atoms with Gasteiger partial charge in [-0.1, -0.05) is 18.3 Å². The molecule has 2 aromatic rings. The third-order valence-corrected chi connectivity index (χ3v) is 6.67. The zero-order valence-electron chi connectivity index (χ0n) is 16.4. The van der Waals surface area contributed by atoms with Crippen LogP contribution in [0.2, 0.25) is 0 Å². The molecule has 0 fully saturated rings. The number of esters is 1. The molecule has 1 aliphatic heterocycles. The Morgan fingerprint density at radius 1 is 1.33 bits per heavy atom. The number of rotatable bonds is 4. The van der Waals surface area contributed by atoms with E-state index < -0.39 is 5.60 Å². The molecule has 0 bridgehead atoms. The molecule has 1 aromatic carbocycles. The Hall–Kier alpha value is -1.92. The predicted molar refractivity (Wildman–Crippen MR) is 113 cm³/mol. The normalized spacial score (nSPS) is 18.4. The van der Waals surface area contributed by atoms with Crippen molar-refractivity contribution >= 4 is 34.5 Å². The largest absolute Gasteiger partial charge is 0.480 e. The van der Waals surface area contributed by atoms with Crippen molar-refractivity contribution in [1.29, 1.82) is 0 Å². The van der Waals surface area contributed by atoms with Gasteiger partial charge in [0.1, 0.15) is 16.5 Å². The van der Waals surface area contributed by atoms with Gasteiger partial charge in [0, 0.05) is 23.9 Å². The standard InChI is InChI=1S/C21H25NO3S2/c1-12-13(2)19-17(14(3)18(12)24-15(4)23)8-9-21(5,25-19)20(26)22-11-16-7-6-10-27-16/h6-7,10H,8-9,11H2,1-5H3,(H,22,26). The second-order valence-electron chi connectivity index (χ2n) is 7.20. The SMILES string of the molecule is CC(=O)Oc1c(C)c(C)c2c(c1C)CCC(C)(C(=S)NCc1cccs1)O2. The minimum atomic E-state index is -0.549. The number of ether oxygens (including phenoxy) is 2. The van der Waals surface area contributed by atoms with E-state index in [1.54, 1.807) is 11.3 Å². The summed E-state index contributed by atoms with van der Waals surface area (Å²) in [6, 6.07) is 4.13. The van der Waals surface area contributed by atoms with Crippen molar-refractivity contribution in [1.82, 2.24) is 5.32 Å². The van der Waals surface area contributed by atoms with E-state index >= 15 is 0 Å². The summed E-state index contributed by atoms with van der Waals surface area (Å²) in [5, 5.41) is 5.42. The maximum atomic E-state index is 11.5. The smallest absolute Gasteiger partial charge is 0.308 e. The van der Waals surface area contributed by atoms with Crippen molar-refractivity contribution < 1.29 is 14.3 Å². The van der Waals surface area contributed by atoms with Crippen molar-refractivity contribution in [3.63, 3.8) is 0 Å². The van der Waals surface area contributed by atoms with Gasteiger partial charge >= 0.3 is 5.97 Å². The molecule has 0 spiro atoms. The quantitative estimate of drug-likeness (QED) is 0.451. The lowest BCUT2D eigenvalue weighted by molar-refractivity contribution is -0.132. The second-order valence-corrected chi connectivity index (χ2v) is 8.64. The molecule has 1 N–H and O–H groups in total. The first-order valence-corrected chi connectivity index (χ1v) is 10.3. The average Bonchev–Trinajstić information content (AvgIpc) is 3.14. The summed E-state index contributed by atoms with van der Waals surface area (Å²) in [6.07, 6.45) is 1.60. The van der Waals surface area contributed by atoms with Crippen LogP contribution in [-0.4, -0.2) is 16.6 Å². The zero-order chi connectivity index (χ0) is 19.8. The molecule has 0 saturated heterocycles. The molecule has 3 rings (SSSR count). The summed E-state index contributed by atoms with van der Waals surface area (Å²) < 4.78 is 11.9. The first-order chi connectivity index (χ1) is 12.7. The average molecular weight is 404 g/mol. The van der Waals surface area contributed by atoms with Crippen LogP contribution in [0.25, 0.3) is 0 Å². The van der Waals surface area contributed by atoms with Crippen LogP contribution in [0.5, 0.6) is 11.5 Å². The fourth-order valence-electron chi connectivity index (χ4n) is 3.46. The third kappa shape index (κ3) is 3.87. The summed E-state index contributed by atoms with van der Waals surface area (Å²) in [6.45, 7) is 10.1. The molecular weight excluding hydrogens is 378 g/mol. The number of hydrogen-bond acceptors (Lipinski definition) is 5. The van der Waals surface area contributed by atoms with Crippen molar-refractivity contribution in [2.45, 2.75) is 59.6 Å². The molecule has 0 saturated carbocycles. The molecule has 2 heterocycles. The van der Waals surface area contributed by atoms with E-state index in [2.05, 4.69) is 16.8 Å². The van der Waals surface area contributed by atoms with E-state index in [1.165, 1.54) is 11.8 Å². The molecule has 0 aliphatic carbocycles. The molecule has 1 aromatic heterocycles. The van der Waals surface area contributed by atoms with E-state index in [1.807, 2.05) is 33.8 Å². The summed E-state index contributed by atoms with van der Waals surface area (Å²) in [5.41, 5.74) is 3.46. The number of thiocarbonyl (C=S) groups is 1. The zero-order valence-corrected chi connectivity index (χ0v) is 18.0. The van der Waals surface area contributed by atoms with E-state index in [0.29, 0.717) is 12.3 Å². The van der Waals surface area contributed by atoms with Crippen LogP contribution in [0.4, 0.5) is 0 Å². The predicted octanol–water partition coefficient (Wildman–Crippen LogP) is 4.80. The Morgan fingerprint density at radius 3 is 2.70 bits per heavy atom. The highest BCUT2D eigenvalue weighted by Crippen LogP contribution is 2.44. The van der Waals surface area contributed by atoms with E-state index in [-0.39, 0.29) is 5.97 Å². The molecule has 1 atom stereocenters. The molecule has 27 heavy (non-hydrogen) atoms. The second kappa shape index (κ2) is 7.60. The highest BCUT2D eigenvalue weighted by molar-refractivity contribution is 7.80. The maximum absolute atomic E-state index is 11.5. The highest BCUT2D eigenvalue weighted by atomic mass is 32.1. The Kier molecular flexibility index (Phi) is 5.58. The van der Waals surface area contributed by atoms with Crippen LogP contribution in [0.15, 0.2) is 17.5 Å². The third-order valence-electron chi connectivity index (χ3n) is 5.22. The Bertz CT molecular complexity index is 890. The number of carbonyl (C=O) groups is 1. The minimum absolute atomic E-state index is 0.305. The monoisotopic (exact) mass is 403 g/mol. The number of hydrogen-bond donors (Lipinski definition) is 1. The van der Waals surface area contributed by atoms with Gasteiger partial charge < -0.3 is 14.8 Å². The maximum Gasteiger partial charge on any atom is 0.308 e. The number of fused-ring (bicyclic) bond motifs is 1. The first-order valence-electron chi connectivity index (χ1n) is 9.03. The number of benzene rings is 1. The van der Waals surface area contributed by atoms with Crippen LogP contribution in [-0.2, 0) is 17.8 Å². The van der Waals surface area contributed by atoms with Crippen molar-refractivity contribution in [3.05, 3.63) is 44.6 Å². The fraction of sp³-hybridized carbons (Fsp3) is 0.429. The Labute approximate surface area is 169 Å². The van der Waals surface area contributed by atoms with Crippen LogP contribution < -0.4 is 14.8 Å². The van der Waals surface area contributed by atoms with Gasteiger partial charge in [0.05, 0.1) is 0 Å². The highest BCUT2D eigenvalue weighted by Gasteiger charge is 2.38. The lowest BCUT2D eigenvalue weighted by atomic mass is 9.87. The Morgan fingerprint density at radius 2 is 2.07 bits per heavy atom. The van der Waals surface area contributed by atoms with Crippen LogP contribution in [0.3, 0.4) is 0 Å². The van der Waals surface area contributed by atoms with Gasteiger partial charge in [-0.25, -0.2) is 0 Å². The summed E-state index contributed by atoms with van der Waals surface area (Å²) in [7, 11) is 0.